The van der Waals surface area contributed by atoms with Gasteiger partial charge in [-0.1, -0.05) is 0 Å². The fourth-order valence-corrected chi connectivity index (χ4v) is 2.40. The van der Waals surface area contributed by atoms with E-state index in [0.29, 0.717) is 5.92 Å². The Bertz CT molecular complexity index is 298. The second-order valence-electron chi connectivity index (χ2n) is 5.03. The van der Waals surface area contributed by atoms with Crippen LogP contribution in [-0.2, 0) is 4.79 Å². The first-order chi connectivity index (χ1) is 8.40. The van der Waals surface area contributed by atoms with E-state index in [-0.39, 0.29) is 18.0 Å². The van der Waals surface area contributed by atoms with Gasteiger partial charge in [-0.15, -0.1) is 0 Å². The lowest BCUT2D eigenvalue weighted by atomic mass is 9.82. The quantitative estimate of drug-likeness (QED) is 0.596. The van der Waals surface area contributed by atoms with Crippen LogP contribution in [0.1, 0.15) is 39.5 Å². The molecule has 1 saturated carbocycles. The third kappa shape index (κ3) is 4.52. The van der Waals surface area contributed by atoms with Gasteiger partial charge in [0.15, 0.2) is 0 Å². The Balaban J connectivity index is 2.32. The van der Waals surface area contributed by atoms with Gasteiger partial charge in [0.05, 0.1) is 0 Å². The third-order valence-corrected chi connectivity index (χ3v) is 3.56. The average Bonchev–Trinajstić information content (AvgIpc) is 2.28. The summed E-state index contributed by atoms with van der Waals surface area (Å²) in [6, 6.07) is 0.0382. The van der Waals surface area contributed by atoms with Crippen LogP contribution < -0.4 is 10.6 Å². The number of aliphatic hydroxyl groups excluding tert-OH is 1. The second-order valence-corrected chi connectivity index (χ2v) is 5.03. The molecule has 6 heteroatoms. The van der Waals surface area contributed by atoms with Gasteiger partial charge in [-0.05, 0) is 45.4 Å². The van der Waals surface area contributed by atoms with E-state index in [1.54, 1.807) is 0 Å². The van der Waals surface area contributed by atoms with Crippen molar-refractivity contribution in [1.82, 2.24) is 10.6 Å². The highest BCUT2D eigenvalue weighted by molar-refractivity contribution is 5.80. The van der Waals surface area contributed by atoms with E-state index in [1.165, 1.54) is 6.92 Å². The van der Waals surface area contributed by atoms with Gasteiger partial charge in [-0.25, -0.2) is 4.79 Å². The van der Waals surface area contributed by atoms with Gasteiger partial charge < -0.3 is 20.8 Å². The minimum absolute atomic E-state index is 0.0593. The summed E-state index contributed by atoms with van der Waals surface area (Å²) in [7, 11) is 0. The molecule has 2 atom stereocenters. The Kier molecular flexibility index (Phi) is 5.40. The number of carbonyl (C=O) groups excluding carboxylic acids is 1. The van der Waals surface area contributed by atoms with Crippen LogP contribution in [0.3, 0.4) is 0 Å². The van der Waals surface area contributed by atoms with E-state index in [9.17, 15) is 9.59 Å². The first-order valence-corrected chi connectivity index (χ1v) is 6.38. The summed E-state index contributed by atoms with van der Waals surface area (Å²) in [5, 5.41) is 23.0. The molecule has 18 heavy (non-hydrogen) atoms. The molecule has 0 heterocycles. The van der Waals surface area contributed by atoms with Crippen LogP contribution in [0.15, 0.2) is 0 Å². The fourth-order valence-electron chi connectivity index (χ4n) is 2.40. The molecule has 104 valence electrons. The van der Waals surface area contributed by atoms with Crippen LogP contribution in [0.5, 0.6) is 0 Å². The Morgan fingerprint density at radius 2 is 1.72 bits per heavy atom. The topological polar surface area (TPSA) is 98.7 Å². The molecule has 0 unspecified atom stereocenters. The molecule has 1 aliphatic rings. The maximum atomic E-state index is 11.3. The Labute approximate surface area is 107 Å². The van der Waals surface area contributed by atoms with Crippen molar-refractivity contribution in [3.05, 3.63) is 0 Å². The molecule has 2 amide bonds. The van der Waals surface area contributed by atoms with Crippen LogP contribution in [0.4, 0.5) is 4.79 Å². The molecule has 0 spiro atoms. The molecule has 1 rings (SSSR count). The molecule has 0 aromatic rings. The molecular formula is C12H22N2O4. The summed E-state index contributed by atoms with van der Waals surface area (Å²) >= 11 is 0. The van der Waals surface area contributed by atoms with Crippen LogP contribution >= 0.6 is 0 Å². The minimum Gasteiger partial charge on any atom is -0.465 e. The summed E-state index contributed by atoms with van der Waals surface area (Å²) in [6.45, 7) is 3.31. The van der Waals surface area contributed by atoms with Crippen molar-refractivity contribution in [3.63, 3.8) is 0 Å². The Morgan fingerprint density at radius 1 is 1.17 bits per heavy atom. The number of rotatable bonds is 4. The van der Waals surface area contributed by atoms with Gasteiger partial charge in [0.25, 0.3) is 0 Å². The zero-order valence-electron chi connectivity index (χ0n) is 10.8. The first kappa shape index (κ1) is 14.8. The van der Waals surface area contributed by atoms with Gasteiger partial charge in [0, 0.05) is 12.1 Å². The number of carbonyl (C=O) groups is 2. The molecule has 0 bridgehead atoms. The first-order valence-electron chi connectivity index (χ1n) is 6.38. The number of hydrogen-bond acceptors (Lipinski definition) is 3. The van der Waals surface area contributed by atoms with Gasteiger partial charge in [0.2, 0.25) is 5.91 Å². The molecule has 4 N–H and O–H groups in total. The van der Waals surface area contributed by atoms with Crippen LogP contribution in [0, 0.1) is 5.92 Å². The maximum Gasteiger partial charge on any atom is 0.404 e. The van der Waals surface area contributed by atoms with Gasteiger partial charge in [-0.3, -0.25) is 4.79 Å². The normalized spacial score (nSPS) is 27.1. The number of hydrogen-bond donors (Lipinski definition) is 4. The molecule has 6 nitrogen and oxygen atoms in total. The van der Waals surface area contributed by atoms with Crippen molar-refractivity contribution in [2.24, 2.45) is 5.92 Å². The van der Waals surface area contributed by atoms with Crippen molar-refractivity contribution in [1.29, 1.82) is 0 Å². The van der Waals surface area contributed by atoms with Gasteiger partial charge >= 0.3 is 6.09 Å². The van der Waals surface area contributed by atoms with Gasteiger partial charge in [0.1, 0.15) is 6.10 Å². The van der Waals surface area contributed by atoms with E-state index in [1.807, 2.05) is 6.92 Å². The molecule has 0 aromatic carbocycles. The van der Waals surface area contributed by atoms with E-state index in [2.05, 4.69) is 10.6 Å². The zero-order chi connectivity index (χ0) is 13.7. The number of aliphatic hydroxyl groups is 1. The highest BCUT2D eigenvalue weighted by atomic mass is 16.4. The summed E-state index contributed by atoms with van der Waals surface area (Å²) in [4.78, 5) is 21.9. The average molecular weight is 258 g/mol. The molecular weight excluding hydrogens is 236 g/mol. The van der Waals surface area contributed by atoms with E-state index in [0.717, 1.165) is 25.7 Å². The lowest BCUT2D eigenvalue weighted by Gasteiger charge is -2.32. The zero-order valence-corrected chi connectivity index (χ0v) is 10.8. The summed E-state index contributed by atoms with van der Waals surface area (Å²) in [6.07, 6.45) is 1.45. The van der Waals surface area contributed by atoms with Crippen molar-refractivity contribution in [2.45, 2.75) is 57.7 Å². The minimum atomic E-state index is -0.993. The van der Waals surface area contributed by atoms with Crippen molar-refractivity contribution in [3.8, 4) is 0 Å². The van der Waals surface area contributed by atoms with E-state index >= 15 is 0 Å². The second kappa shape index (κ2) is 6.58. The fraction of sp³-hybridized carbons (Fsp3) is 0.833. The van der Waals surface area contributed by atoms with Gasteiger partial charge in [-0.2, -0.15) is 0 Å². The van der Waals surface area contributed by atoms with E-state index < -0.39 is 12.2 Å². The summed E-state index contributed by atoms with van der Waals surface area (Å²) < 4.78 is 0. The number of carboxylic acid groups (broad SMARTS) is 1. The monoisotopic (exact) mass is 258 g/mol. The predicted octanol–water partition coefficient (Wildman–Crippen LogP) is 0.698. The highest BCUT2D eigenvalue weighted by Gasteiger charge is 2.27. The molecule has 1 aliphatic carbocycles. The van der Waals surface area contributed by atoms with E-state index in [4.69, 9.17) is 10.2 Å². The largest absolute Gasteiger partial charge is 0.465 e. The van der Waals surface area contributed by atoms with Crippen LogP contribution in [0.25, 0.3) is 0 Å². The maximum absolute atomic E-state index is 11.3. The molecule has 0 aromatic heterocycles. The number of amides is 2. The third-order valence-electron chi connectivity index (χ3n) is 3.56. The molecule has 1 fully saturated rings. The van der Waals surface area contributed by atoms with Crippen molar-refractivity contribution >= 4 is 12.0 Å². The molecule has 0 saturated heterocycles. The van der Waals surface area contributed by atoms with Crippen molar-refractivity contribution in [2.75, 3.05) is 0 Å². The highest BCUT2D eigenvalue weighted by Crippen LogP contribution is 2.26. The SMILES string of the molecule is C[C@@H](O)C(=O)NC1CCC([C@@H](C)NC(=O)O)CC1. The number of nitrogens with one attached hydrogen (secondary N) is 2. The smallest absolute Gasteiger partial charge is 0.404 e. The standard InChI is InChI=1S/C12H22N2O4/c1-7(13-12(17)18)9-3-5-10(6-4-9)14-11(16)8(2)15/h7-10,13,15H,3-6H2,1-2H3,(H,14,16)(H,17,18)/t7-,8-,9?,10?/m1/s1. The molecule has 0 aliphatic heterocycles. The van der Waals surface area contributed by atoms with Crippen LogP contribution in [0.2, 0.25) is 0 Å². The summed E-state index contributed by atoms with van der Waals surface area (Å²) in [5.74, 6) is -0.0176. The Hall–Kier alpha value is -1.30. The lowest BCUT2D eigenvalue weighted by molar-refractivity contribution is -0.129. The predicted molar refractivity (Wildman–Crippen MR) is 66.2 cm³/mol. The van der Waals surface area contributed by atoms with Crippen molar-refractivity contribution < 1.29 is 19.8 Å². The summed E-state index contributed by atoms with van der Waals surface area (Å²) in [5.41, 5.74) is 0. The lowest BCUT2D eigenvalue weighted by Crippen LogP contribution is -2.45. The molecule has 0 radical (unpaired) electrons. The Morgan fingerprint density at radius 3 is 2.17 bits per heavy atom. The van der Waals surface area contributed by atoms with Crippen LogP contribution in [-0.4, -0.2) is 40.4 Å².